The molecule has 2 unspecified atom stereocenters. The van der Waals surface area contributed by atoms with Gasteiger partial charge in [0.05, 0.1) is 5.69 Å². The van der Waals surface area contributed by atoms with Crippen molar-refractivity contribution >= 4 is 11.8 Å². The minimum Gasteiger partial charge on any atom is -0.504 e. The molecular weight excluding hydrogens is 374 g/mol. The molecule has 2 aromatic rings. The van der Waals surface area contributed by atoms with Crippen LogP contribution in [0, 0.1) is 11.8 Å². The standard InChI is InChI=1S/C21H23N3O5/c1-9-2-3-10-6-11(24-7-13-14(8-24)16(13)22)4-5-12(10)17-15(9)18(25)19(20(26)23-17)29-21(27)28/h4-6,9,13-14,16H,2-3,7-8,22H2,1H3,(H,27,28)(H2,23,25,26)/t9?,13-,14+,16?. The summed E-state index contributed by atoms with van der Waals surface area (Å²) in [6.07, 6.45) is -0.0953. The van der Waals surface area contributed by atoms with E-state index in [0.717, 1.165) is 42.7 Å². The highest BCUT2D eigenvalue weighted by molar-refractivity contribution is 5.76. The molecule has 0 amide bonds. The molecule has 4 atom stereocenters. The van der Waals surface area contributed by atoms with Crippen molar-refractivity contribution in [2.75, 3.05) is 18.0 Å². The van der Waals surface area contributed by atoms with Crippen molar-refractivity contribution in [3.05, 3.63) is 39.7 Å². The number of nitrogens with one attached hydrogen (secondary N) is 1. The number of ether oxygens (including phenoxy) is 1. The summed E-state index contributed by atoms with van der Waals surface area (Å²) < 4.78 is 4.53. The van der Waals surface area contributed by atoms with Crippen LogP contribution in [-0.4, -0.2) is 40.5 Å². The molecular formula is C21H23N3O5. The van der Waals surface area contributed by atoms with E-state index in [1.54, 1.807) is 0 Å². The zero-order valence-corrected chi connectivity index (χ0v) is 16.0. The Kier molecular flexibility index (Phi) is 3.89. The summed E-state index contributed by atoms with van der Waals surface area (Å²) in [4.78, 5) is 28.4. The molecule has 2 aliphatic carbocycles. The first-order valence-electron chi connectivity index (χ1n) is 9.89. The van der Waals surface area contributed by atoms with Crippen LogP contribution in [-0.2, 0) is 6.42 Å². The Hall–Kier alpha value is -3.00. The predicted octanol–water partition coefficient (Wildman–Crippen LogP) is 2.25. The van der Waals surface area contributed by atoms with Crippen molar-refractivity contribution in [1.29, 1.82) is 0 Å². The van der Waals surface area contributed by atoms with Gasteiger partial charge in [-0.2, -0.15) is 0 Å². The van der Waals surface area contributed by atoms with E-state index in [1.165, 1.54) is 0 Å². The Morgan fingerprint density at radius 1 is 1.31 bits per heavy atom. The number of nitrogens with zero attached hydrogens (tertiary/aromatic N) is 1. The molecule has 2 heterocycles. The second-order valence-corrected chi connectivity index (χ2v) is 8.38. The van der Waals surface area contributed by atoms with Gasteiger partial charge in [0, 0.05) is 35.9 Å². The molecule has 5 rings (SSSR count). The van der Waals surface area contributed by atoms with Crippen molar-refractivity contribution in [3.8, 4) is 22.8 Å². The summed E-state index contributed by atoms with van der Waals surface area (Å²) in [5, 5.41) is 19.5. The number of aromatic nitrogens is 1. The predicted molar refractivity (Wildman–Crippen MR) is 107 cm³/mol. The first kappa shape index (κ1) is 18.1. The Balaban J connectivity index is 1.57. The quantitative estimate of drug-likeness (QED) is 0.572. The fraction of sp³-hybridized carbons (Fsp3) is 0.429. The fourth-order valence-corrected chi connectivity index (χ4v) is 4.99. The van der Waals surface area contributed by atoms with E-state index in [1.807, 2.05) is 19.1 Å². The van der Waals surface area contributed by atoms with Crippen molar-refractivity contribution in [2.45, 2.75) is 31.7 Å². The number of carbonyl (C=O) groups is 1. The smallest absolute Gasteiger partial charge is 0.504 e. The number of fused-ring (bicyclic) bond motifs is 4. The number of aryl methyl sites for hydroxylation is 1. The minimum atomic E-state index is -1.64. The highest BCUT2D eigenvalue weighted by Crippen LogP contribution is 2.47. The summed E-state index contributed by atoms with van der Waals surface area (Å²) in [5.41, 5.74) is 9.43. The van der Waals surface area contributed by atoms with Crippen LogP contribution >= 0.6 is 0 Å². The first-order valence-corrected chi connectivity index (χ1v) is 9.89. The SMILES string of the molecule is CC1CCc2cc(N3C[C@@H]4C(N)[C@@H]4C3)ccc2-c2[nH]c(=O)c(OC(=O)O)c(O)c21. The Bertz CT molecular complexity index is 1070. The van der Waals surface area contributed by atoms with E-state index in [9.17, 15) is 14.7 Å². The number of aromatic hydroxyl groups is 1. The summed E-state index contributed by atoms with van der Waals surface area (Å²) >= 11 is 0. The maximum atomic E-state index is 12.4. The largest absolute Gasteiger partial charge is 0.511 e. The summed E-state index contributed by atoms with van der Waals surface area (Å²) in [6, 6.07) is 6.50. The van der Waals surface area contributed by atoms with Gasteiger partial charge in [0.2, 0.25) is 5.75 Å². The minimum absolute atomic E-state index is 0.0775. The molecule has 29 heavy (non-hydrogen) atoms. The van der Waals surface area contributed by atoms with Gasteiger partial charge in [-0.1, -0.05) is 13.0 Å². The molecule has 2 fully saturated rings. The van der Waals surface area contributed by atoms with Crippen LogP contribution in [0.1, 0.15) is 30.4 Å². The van der Waals surface area contributed by atoms with Gasteiger partial charge in [-0.15, -0.1) is 0 Å². The third-order valence-electron chi connectivity index (χ3n) is 6.70. The summed E-state index contributed by atoms with van der Waals surface area (Å²) in [7, 11) is 0. The highest BCUT2D eigenvalue weighted by Gasteiger charge is 2.53. The number of hydrogen-bond donors (Lipinski definition) is 4. The Morgan fingerprint density at radius 2 is 2.03 bits per heavy atom. The average Bonchev–Trinajstić information content (AvgIpc) is 3.11. The number of aromatic amines is 1. The number of pyridine rings is 1. The molecule has 8 nitrogen and oxygen atoms in total. The molecule has 1 aromatic heterocycles. The van der Waals surface area contributed by atoms with Crippen LogP contribution in [0.2, 0.25) is 0 Å². The third-order valence-corrected chi connectivity index (χ3v) is 6.70. The molecule has 0 bridgehead atoms. The number of benzene rings is 1. The lowest BCUT2D eigenvalue weighted by atomic mass is 9.95. The zero-order chi connectivity index (χ0) is 20.4. The van der Waals surface area contributed by atoms with Crippen LogP contribution in [0.25, 0.3) is 11.3 Å². The molecule has 0 radical (unpaired) electrons. The summed E-state index contributed by atoms with van der Waals surface area (Å²) in [6.45, 7) is 3.90. The van der Waals surface area contributed by atoms with Crippen LogP contribution in [0.5, 0.6) is 11.5 Å². The second-order valence-electron chi connectivity index (χ2n) is 8.38. The normalized spacial score (nSPS) is 26.9. The maximum Gasteiger partial charge on any atom is 0.511 e. The number of carboxylic acid groups (broad SMARTS) is 1. The number of nitrogens with two attached hydrogens (primary N) is 1. The van der Waals surface area contributed by atoms with Gasteiger partial charge in [0.1, 0.15) is 0 Å². The first-order chi connectivity index (χ1) is 13.8. The molecule has 5 N–H and O–H groups in total. The number of rotatable bonds is 2. The van der Waals surface area contributed by atoms with Crippen molar-refractivity contribution in [3.63, 3.8) is 0 Å². The van der Waals surface area contributed by atoms with E-state index >= 15 is 0 Å². The molecule has 1 aliphatic heterocycles. The molecule has 3 aliphatic rings. The highest BCUT2D eigenvalue weighted by atomic mass is 16.7. The molecule has 1 saturated carbocycles. The second kappa shape index (κ2) is 6.25. The lowest BCUT2D eigenvalue weighted by Gasteiger charge is -2.23. The number of piperidine rings is 1. The van der Waals surface area contributed by atoms with Gasteiger partial charge < -0.3 is 30.6 Å². The Labute approximate surface area is 166 Å². The van der Waals surface area contributed by atoms with E-state index in [-0.39, 0.29) is 5.92 Å². The maximum absolute atomic E-state index is 12.4. The van der Waals surface area contributed by atoms with E-state index in [0.29, 0.717) is 29.1 Å². The van der Waals surface area contributed by atoms with Gasteiger partial charge in [-0.25, -0.2) is 4.79 Å². The molecule has 0 spiro atoms. The van der Waals surface area contributed by atoms with E-state index in [2.05, 4.69) is 20.7 Å². The van der Waals surface area contributed by atoms with Crippen LogP contribution in [0.3, 0.4) is 0 Å². The number of hydrogen-bond acceptors (Lipinski definition) is 6. The summed E-state index contributed by atoms with van der Waals surface area (Å²) in [5.74, 6) is 0.136. The van der Waals surface area contributed by atoms with E-state index < -0.39 is 23.2 Å². The fourth-order valence-electron chi connectivity index (χ4n) is 4.99. The molecule has 1 saturated heterocycles. The van der Waals surface area contributed by atoms with Crippen molar-refractivity contribution in [1.82, 2.24) is 4.98 Å². The van der Waals surface area contributed by atoms with Gasteiger partial charge in [-0.05, 0) is 48.3 Å². The van der Waals surface area contributed by atoms with Crippen LogP contribution < -0.4 is 20.9 Å². The number of anilines is 1. The average molecular weight is 397 g/mol. The van der Waals surface area contributed by atoms with Crippen LogP contribution in [0.15, 0.2) is 23.0 Å². The van der Waals surface area contributed by atoms with Crippen LogP contribution in [0.4, 0.5) is 10.5 Å². The van der Waals surface area contributed by atoms with Crippen molar-refractivity contribution < 1.29 is 19.7 Å². The topological polar surface area (TPSA) is 129 Å². The molecule has 1 aromatic carbocycles. The lowest BCUT2D eigenvalue weighted by molar-refractivity contribution is 0.142. The van der Waals surface area contributed by atoms with Gasteiger partial charge in [0.25, 0.3) is 5.56 Å². The van der Waals surface area contributed by atoms with Gasteiger partial charge in [0.15, 0.2) is 5.75 Å². The van der Waals surface area contributed by atoms with Gasteiger partial charge >= 0.3 is 6.16 Å². The van der Waals surface area contributed by atoms with Gasteiger partial charge in [-0.3, -0.25) is 4.79 Å². The van der Waals surface area contributed by atoms with E-state index in [4.69, 9.17) is 10.8 Å². The monoisotopic (exact) mass is 397 g/mol. The number of H-pyrrole nitrogens is 1. The third kappa shape index (κ3) is 2.78. The molecule has 152 valence electrons. The lowest BCUT2D eigenvalue weighted by Crippen LogP contribution is -2.28. The Morgan fingerprint density at radius 3 is 2.72 bits per heavy atom. The van der Waals surface area contributed by atoms with Crippen molar-refractivity contribution in [2.24, 2.45) is 17.6 Å². The molecule has 8 heteroatoms. The zero-order valence-electron chi connectivity index (χ0n) is 16.0.